The highest BCUT2D eigenvalue weighted by atomic mass is 16.4. The average Bonchev–Trinajstić information content (AvgIpc) is 2.33. The first-order chi connectivity index (χ1) is 8.09. The van der Waals surface area contributed by atoms with Gasteiger partial charge in [0.25, 0.3) is 0 Å². The third kappa shape index (κ3) is 2.60. The molecular formula is C12H20N2O3. The standard InChI is InChI=1S/C12H20N2O3/c1-13-10(12(16)17)7-14(8-11(13)15)9-5-3-2-4-6-9/h9-10H,2-8H2,1H3,(H,16,17). The molecule has 1 saturated heterocycles. The summed E-state index contributed by atoms with van der Waals surface area (Å²) in [6.45, 7) is 0.854. The Bertz CT molecular complexity index is 313. The zero-order chi connectivity index (χ0) is 12.4. The maximum atomic E-state index is 11.8. The Labute approximate surface area is 101 Å². The molecule has 0 spiro atoms. The van der Waals surface area contributed by atoms with E-state index in [9.17, 15) is 9.59 Å². The summed E-state index contributed by atoms with van der Waals surface area (Å²) in [5.74, 6) is -0.976. The number of hydrogen-bond donors (Lipinski definition) is 1. The van der Waals surface area contributed by atoms with Crippen molar-refractivity contribution >= 4 is 11.9 Å². The Morgan fingerprint density at radius 1 is 1.29 bits per heavy atom. The lowest BCUT2D eigenvalue weighted by Crippen LogP contribution is -2.60. The van der Waals surface area contributed by atoms with Crippen LogP contribution >= 0.6 is 0 Å². The predicted octanol–water partition coefficient (Wildman–Crippen LogP) is 0.546. The number of likely N-dealkylation sites (N-methyl/N-ethyl adjacent to an activating group) is 1. The molecule has 1 N–H and O–H groups in total. The maximum Gasteiger partial charge on any atom is 0.327 e. The van der Waals surface area contributed by atoms with Crippen LogP contribution in [0.4, 0.5) is 0 Å². The molecule has 1 atom stereocenters. The molecule has 5 nitrogen and oxygen atoms in total. The molecule has 1 saturated carbocycles. The summed E-state index contributed by atoms with van der Waals surface area (Å²) >= 11 is 0. The molecule has 1 heterocycles. The van der Waals surface area contributed by atoms with Crippen molar-refractivity contribution in [2.75, 3.05) is 20.1 Å². The van der Waals surface area contributed by atoms with Crippen molar-refractivity contribution in [1.82, 2.24) is 9.80 Å². The zero-order valence-electron chi connectivity index (χ0n) is 10.3. The van der Waals surface area contributed by atoms with Crippen molar-refractivity contribution in [1.29, 1.82) is 0 Å². The van der Waals surface area contributed by atoms with Gasteiger partial charge in [-0.1, -0.05) is 19.3 Å². The van der Waals surface area contributed by atoms with Crippen LogP contribution in [-0.4, -0.2) is 59.0 Å². The molecule has 1 aliphatic carbocycles. The van der Waals surface area contributed by atoms with E-state index < -0.39 is 12.0 Å². The summed E-state index contributed by atoms with van der Waals surface area (Å²) in [6, 6.07) is -0.276. The summed E-state index contributed by atoms with van der Waals surface area (Å²) in [7, 11) is 1.58. The van der Waals surface area contributed by atoms with E-state index in [4.69, 9.17) is 5.11 Å². The van der Waals surface area contributed by atoms with Crippen LogP contribution in [0.15, 0.2) is 0 Å². The first kappa shape index (κ1) is 12.4. The van der Waals surface area contributed by atoms with Crippen LogP contribution in [0.2, 0.25) is 0 Å². The molecule has 0 aromatic rings. The topological polar surface area (TPSA) is 60.9 Å². The van der Waals surface area contributed by atoms with Crippen LogP contribution in [0.5, 0.6) is 0 Å². The summed E-state index contributed by atoms with van der Waals surface area (Å²) < 4.78 is 0. The van der Waals surface area contributed by atoms with Crippen LogP contribution in [0.25, 0.3) is 0 Å². The molecule has 2 rings (SSSR count). The van der Waals surface area contributed by atoms with Crippen LogP contribution in [0.3, 0.4) is 0 Å². The average molecular weight is 240 g/mol. The van der Waals surface area contributed by atoms with E-state index in [2.05, 4.69) is 4.90 Å². The lowest BCUT2D eigenvalue weighted by molar-refractivity contribution is -0.155. The molecule has 0 radical (unpaired) electrons. The fourth-order valence-corrected chi connectivity index (χ4v) is 2.84. The van der Waals surface area contributed by atoms with Gasteiger partial charge in [-0.05, 0) is 12.8 Å². The van der Waals surface area contributed by atoms with E-state index in [1.165, 1.54) is 24.2 Å². The Balaban J connectivity index is 2.04. The van der Waals surface area contributed by atoms with Crippen LogP contribution in [-0.2, 0) is 9.59 Å². The number of hydrogen-bond acceptors (Lipinski definition) is 3. The number of carboxylic acid groups (broad SMARTS) is 1. The molecule has 0 aromatic carbocycles. The summed E-state index contributed by atoms with van der Waals surface area (Å²) in [4.78, 5) is 26.3. The minimum atomic E-state index is -0.902. The number of rotatable bonds is 2. The van der Waals surface area contributed by atoms with Gasteiger partial charge in [-0.2, -0.15) is 0 Å². The Hall–Kier alpha value is -1.10. The molecule has 2 fully saturated rings. The number of nitrogens with zero attached hydrogens (tertiary/aromatic N) is 2. The van der Waals surface area contributed by atoms with Crippen LogP contribution in [0.1, 0.15) is 32.1 Å². The third-order valence-electron chi connectivity index (χ3n) is 3.98. The SMILES string of the molecule is CN1C(=O)CN(C2CCCCC2)CC1C(=O)O. The molecular weight excluding hydrogens is 220 g/mol. The molecule has 1 amide bonds. The maximum absolute atomic E-state index is 11.8. The highest BCUT2D eigenvalue weighted by Gasteiger charge is 2.37. The monoisotopic (exact) mass is 240 g/mol. The largest absolute Gasteiger partial charge is 0.480 e. The van der Waals surface area contributed by atoms with E-state index in [0.717, 1.165) is 12.8 Å². The number of carbonyl (C=O) groups is 2. The second-order valence-electron chi connectivity index (χ2n) is 5.08. The van der Waals surface area contributed by atoms with Gasteiger partial charge in [0, 0.05) is 19.6 Å². The van der Waals surface area contributed by atoms with E-state index in [1.807, 2.05) is 0 Å². The van der Waals surface area contributed by atoms with Crippen LogP contribution < -0.4 is 0 Å². The van der Waals surface area contributed by atoms with Gasteiger partial charge in [0.15, 0.2) is 0 Å². The van der Waals surface area contributed by atoms with Crippen molar-refractivity contribution in [2.45, 2.75) is 44.2 Å². The van der Waals surface area contributed by atoms with Gasteiger partial charge in [-0.3, -0.25) is 9.69 Å². The lowest BCUT2D eigenvalue weighted by atomic mass is 9.93. The van der Waals surface area contributed by atoms with Crippen LogP contribution in [0, 0.1) is 0 Å². The number of piperazine rings is 1. The second kappa shape index (κ2) is 5.04. The first-order valence-electron chi connectivity index (χ1n) is 6.32. The van der Waals surface area contributed by atoms with E-state index in [1.54, 1.807) is 7.05 Å². The smallest absolute Gasteiger partial charge is 0.327 e. The Morgan fingerprint density at radius 3 is 2.53 bits per heavy atom. The van der Waals surface area contributed by atoms with Gasteiger partial charge in [0.05, 0.1) is 6.54 Å². The van der Waals surface area contributed by atoms with Crippen molar-refractivity contribution in [3.63, 3.8) is 0 Å². The van der Waals surface area contributed by atoms with Gasteiger partial charge < -0.3 is 10.0 Å². The van der Waals surface area contributed by atoms with Crippen molar-refractivity contribution in [3.05, 3.63) is 0 Å². The lowest BCUT2D eigenvalue weighted by Gasteiger charge is -2.42. The quantitative estimate of drug-likeness (QED) is 0.765. The molecule has 5 heteroatoms. The van der Waals surface area contributed by atoms with Gasteiger partial charge in [-0.15, -0.1) is 0 Å². The van der Waals surface area contributed by atoms with Crippen molar-refractivity contribution in [2.24, 2.45) is 0 Å². The molecule has 1 aliphatic heterocycles. The van der Waals surface area contributed by atoms with Gasteiger partial charge in [-0.25, -0.2) is 4.79 Å². The molecule has 2 aliphatic rings. The van der Waals surface area contributed by atoms with Crippen molar-refractivity contribution < 1.29 is 14.7 Å². The molecule has 1 unspecified atom stereocenters. The number of carbonyl (C=O) groups excluding carboxylic acids is 1. The number of aliphatic carboxylic acids is 1. The van der Waals surface area contributed by atoms with Gasteiger partial charge in [0.2, 0.25) is 5.91 Å². The Kier molecular flexibility index (Phi) is 3.66. The fraction of sp³-hybridized carbons (Fsp3) is 0.833. The molecule has 17 heavy (non-hydrogen) atoms. The summed E-state index contributed by atoms with van der Waals surface area (Å²) in [5, 5.41) is 9.12. The number of carboxylic acids is 1. The summed E-state index contributed by atoms with van der Waals surface area (Å²) in [6.07, 6.45) is 5.86. The van der Waals surface area contributed by atoms with E-state index in [-0.39, 0.29) is 5.91 Å². The molecule has 0 aromatic heterocycles. The summed E-state index contributed by atoms with van der Waals surface area (Å²) in [5.41, 5.74) is 0. The molecule has 0 bridgehead atoms. The van der Waals surface area contributed by atoms with Gasteiger partial charge in [0.1, 0.15) is 6.04 Å². The Morgan fingerprint density at radius 2 is 1.94 bits per heavy atom. The highest BCUT2D eigenvalue weighted by Crippen LogP contribution is 2.24. The zero-order valence-corrected chi connectivity index (χ0v) is 10.3. The fourth-order valence-electron chi connectivity index (χ4n) is 2.84. The first-order valence-corrected chi connectivity index (χ1v) is 6.32. The second-order valence-corrected chi connectivity index (χ2v) is 5.08. The predicted molar refractivity (Wildman–Crippen MR) is 62.6 cm³/mol. The normalized spacial score (nSPS) is 28.4. The van der Waals surface area contributed by atoms with E-state index in [0.29, 0.717) is 19.1 Å². The molecule has 96 valence electrons. The number of amides is 1. The highest BCUT2D eigenvalue weighted by molar-refractivity contribution is 5.86. The van der Waals surface area contributed by atoms with Crippen molar-refractivity contribution in [3.8, 4) is 0 Å². The third-order valence-corrected chi connectivity index (χ3v) is 3.98. The minimum absolute atomic E-state index is 0.0748. The minimum Gasteiger partial charge on any atom is -0.480 e. The van der Waals surface area contributed by atoms with Gasteiger partial charge >= 0.3 is 5.97 Å². The van der Waals surface area contributed by atoms with E-state index >= 15 is 0 Å².